The Morgan fingerprint density at radius 3 is 2.72 bits per heavy atom. The molecule has 6 nitrogen and oxygen atoms in total. The Bertz CT molecular complexity index is 397. The Labute approximate surface area is 109 Å². The van der Waals surface area contributed by atoms with Crippen LogP contribution in [0.2, 0.25) is 0 Å². The van der Waals surface area contributed by atoms with Gasteiger partial charge in [-0.3, -0.25) is 4.90 Å². The second kappa shape index (κ2) is 4.93. The maximum atomic E-state index is 4.27. The van der Waals surface area contributed by atoms with E-state index in [1.54, 1.807) is 7.05 Å². The van der Waals surface area contributed by atoms with Crippen molar-refractivity contribution in [3.63, 3.8) is 0 Å². The van der Waals surface area contributed by atoms with Crippen LogP contribution in [0.15, 0.2) is 0 Å². The van der Waals surface area contributed by atoms with Crippen LogP contribution < -0.4 is 5.32 Å². The van der Waals surface area contributed by atoms with Gasteiger partial charge in [-0.15, -0.1) is 10.2 Å². The molecule has 1 fully saturated rings. The van der Waals surface area contributed by atoms with Crippen LogP contribution in [0.1, 0.15) is 33.5 Å². The fourth-order valence-corrected chi connectivity index (χ4v) is 2.32. The number of rotatable bonds is 3. The first-order chi connectivity index (χ1) is 8.38. The average Bonchev–Trinajstić information content (AvgIpc) is 2.67. The van der Waals surface area contributed by atoms with Gasteiger partial charge in [-0.05, 0) is 25.0 Å². The van der Waals surface area contributed by atoms with Crippen molar-refractivity contribution in [3.8, 4) is 0 Å². The van der Waals surface area contributed by atoms with Crippen LogP contribution in [0.25, 0.3) is 0 Å². The number of piperazine rings is 1. The quantitative estimate of drug-likeness (QED) is 0.845. The predicted octanol–water partition coefficient (Wildman–Crippen LogP) is 0.419. The van der Waals surface area contributed by atoms with E-state index in [1.165, 1.54) is 4.80 Å². The molecular formula is C12H24N6. The largest absolute Gasteiger partial charge is 0.311 e. The number of hydrogen-bond acceptors (Lipinski definition) is 5. The van der Waals surface area contributed by atoms with Crippen molar-refractivity contribution in [1.29, 1.82) is 0 Å². The lowest BCUT2D eigenvalue weighted by Gasteiger charge is -2.46. The number of aromatic nitrogens is 4. The molecule has 1 aliphatic rings. The topological polar surface area (TPSA) is 58.9 Å². The number of hydrogen-bond donors (Lipinski definition) is 1. The maximum absolute atomic E-state index is 4.27. The van der Waals surface area contributed by atoms with Gasteiger partial charge < -0.3 is 5.32 Å². The van der Waals surface area contributed by atoms with Gasteiger partial charge in [-0.1, -0.05) is 13.8 Å². The molecule has 0 saturated carbocycles. The summed E-state index contributed by atoms with van der Waals surface area (Å²) in [5, 5.41) is 15.9. The van der Waals surface area contributed by atoms with Crippen molar-refractivity contribution < 1.29 is 0 Å². The molecule has 1 aromatic heterocycles. The Balaban J connectivity index is 2.07. The van der Waals surface area contributed by atoms with E-state index in [9.17, 15) is 0 Å². The lowest BCUT2D eigenvalue weighted by Crippen LogP contribution is -2.62. The van der Waals surface area contributed by atoms with Gasteiger partial charge in [0.25, 0.3) is 0 Å². The van der Waals surface area contributed by atoms with Gasteiger partial charge in [-0.2, -0.15) is 4.80 Å². The van der Waals surface area contributed by atoms with Crippen LogP contribution >= 0.6 is 0 Å². The minimum Gasteiger partial charge on any atom is -0.311 e. The molecule has 6 heteroatoms. The summed E-state index contributed by atoms with van der Waals surface area (Å²) in [6.45, 7) is 11.8. The summed E-state index contributed by atoms with van der Waals surface area (Å²) in [7, 11) is 1.80. The van der Waals surface area contributed by atoms with E-state index < -0.39 is 0 Å². The highest BCUT2D eigenvalue weighted by Crippen LogP contribution is 2.22. The molecular weight excluding hydrogens is 228 g/mol. The molecule has 1 atom stereocenters. The summed E-state index contributed by atoms with van der Waals surface area (Å²) >= 11 is 0. The predicted molar refractivity (Wildman–Crippen MR) is 69.9 cm³/mol. The normalized spacial score (nSPS) is 24.7. The zero-order valence-corrected chi connectivity index (χ0v) is 12.0. The summed E-state index contributed by atoms with van der Waals surface area (Å²) in [6, 6.07) is 0.537. The first kappa shape index (κ1) is 13.4. The Hall–Kier alpha value is -1.01. The molecule has 0 bridgehead atoms. The van der Waals surface area contributed by atoms with E-state index in [2.05, 4.69) is 53.3 Å². The van der Waals surface area contributed by atoms with Crippen LogP contribution in [-0.2, 0) is 13.6 Å². The molecule has 2 heterocycles. The van der Waals surface area contributed by atoms with Gasteiger partial charge in [0.2, 0.25) is 0 Å². The van der Waals surface area contributed by atoms with Gasteiger partial charge in [-0.25, -0.2) is 0 Å². The summed E-state index contributed by atoms with van der Waals surface area (Å²) in [5.41, 5.74) is 0.130. The van der Waals surface area contributed by atoms with E-state index in [4.69, 9.17) is 0 Å². The summed E-state index contributed by atoms with van der Waals surface area (Å²) < 4.78 is 0. The van der Waals surface area contributed by atoms with Crippen LogP contribution in [0.5, 0.6) is 0 Å². The molecule has 1 N–H and O–H groups in total. The molecule has 102 valence electrons. The molecule has 1 aromatic rings. The zero-order valence-electron chi connectivity index (χ0n) is 12.0. The third-order valence-electron chi connectivity index (χ3n) is 3.76. The van der Waals surface area contributed by atoms with E-state index in [0.29, 0.717) is 12.0 Å². The van der Waals surface area contributed by atoms with Crippen molar-refractivity contribution in [3.05, 3.63) is 5.82 Å². The monoisotopic (exact) mass is 252 g/mol. The van der Waals surface area contributed by atoms with Gasteiger partial charge in [0.05, 0.1) is 13.6 Å². The molecule has 1 aliphatic heterocycles. The molecule has 0 radical (unpaired) electrons. The number of aryl methyl sites for hydroxylation is 1. The van der Waals surface area contributed by atoms with Crippen molar-refractivity contribution >= 4 is 0 Å². The van der Waals surface area contributed by atoms with E-state index in [0.717, 1.165) is 25.5 Å². The highest BCUT2D eigenvalue weighted by molar-refractivity contribution is 4.95. The van der Waals surface area contributed by atoms with Gasteiger partial charge in [0, 0.05) is 24.7 Å². The summed E-state index contributed by atoms with van der Waals surface area (Å²) in [5.74, 6) is 1.44. The summed E-state index contributed by atoms with van der Waals surface area (Å²) in [4.78, 5) is 3.97. The van der Waals surface area contributed by atoms with E-state index >= 15 is 0 Å². The molecule has 0 amide bonds. The van der Waals surface area contributed by atoms with Crippen molar-refractivity contribution in [2.45, 2.75) is 45.8 Å². The molecule has 0 aromatic carbocycles. The third-order valence-corrected chi connectivity index (χ3v) is 3.76. The molecule has 0 spiro atoms. The second-order valence-corrected chi connectivity index (χ2v) is 6.12. The van der Waals surface area contributed by atoms with Crippen molar-refractivity contribution in [2.75, 3.05) is 13.1 Å². The molecule has 18 heavy (non-hydrogen) atoms. The Morgan fingerprint density at radius 1 is 1.44 bits per heavy atom. The van der Waals surface area contributed by atoms with Crippen molar-refractivity contribution in [2.24, 2.45) is 13.0 Å². The smallest absolute Gasteiger partial charge is 0.188 e. The molecule has 0 aliphatic carbocycles. The molecule has 1 saturated heterocycles. The highest BCUT2D eigenvalue weighted by Gasteiger charge is 2.35. The SMILES string of the molecule is CC(C)C1CN(Cc2nnn(C)n2)C(C)(C)CN1. The van der Waals surface area contributed by atoms with Crippen LogP contribution in [0.4, 0.5) is 0 Å². The lowest BCUT2D eigenvalue weighted by atomic mass is 9.93. The lowest BCUT2D eigenvalue weighted by molar-refractivity contribution is 0.0451. The first-order valence-electron chi connectivity index (χ1n) is 6.60. The first-order valence-corrected chi connectivity index (χ1v) is 6.60. The van der Waals surface area contributed by atoms with Crippen LogP contribution in [0.3, 0.4) is 0 Å². The maximum Gasteiger partial charge on any atom is 0.188 e. The van der Waals surface area contributed by atoms with Gasteiger partial charge in [0.1, 0.15) is 0 Å². The zero-order chi connectivity index (χ0) is 13.3. The number of nitrogens with one attached hydrogen (secondary N) is 1. The van der Waals surface area contributed by atoms with Crippen LogP contribution in [-0.4, -0.2) is 49.8 Å². The fraction of sp³-hybridized carbons (Fsp3) is 0.917. The Morgan fingerprint density at radius 2 is 2.17 bits per heavy atom. The Kier molecular flexibility index (Phi) is 3.68. The highest BCUT2D eigenvalue weighted by atomic mass is 15.6. The second-order valence-electron chi connectivity index (χ2n) is 6.12. The number of nitrogens with zero attached hydrogens (tertiary/aromatic N) is 5. The number of tetrazole rings is 1. The average molecular weight is 252 g/mol. The molecule has 2 rings (SSSR count). The summed E-state index contributed by atoms with van der Waals surface area (Å²) in [6.07, 6.45) is 0. The molecule has 1 unspecified atom stereocenters. The van der Waals surface area contributed by atoms with Gasteiger partial charge in [0.15, 0.2) is 5.82 Å². The fourth-order valence-electron chi connectivity index (χ4n) is 2.32. The van der Waals surface area contributed by atoms with E-state index in [1.807, 2.05) is 0 Å². The van der Waals surface area contributed by atoms with Gasteiger partial charge >= 0.3 is 0 Å². The van der Waals surface area contributed by atoms with Crippen molar-refractivity contribution in [1.82, 2.24) is 30.4 Å². The standard InChI is InChI=1S/C12H24N6/c1-9(2)10-6-18(12(3,4)8-13-10)7-11-14-16-17(5)15-11/h9-10,13H,6-8H2,1-5H3. The van der Waals surface area contributed by atoms with E-state index in [-0.39, 0.29) is 5.54 Å². The minimum atomic E-state index is 0.130. The minimum absolute atomic E-state index is 0.130. The third kappa shape index (κ3) is 2.87. The van der Waals surface area contributed by atoms with Crippen LogP contribution in [0, 0.1) is 5.92 Å².